The van der Waals surface area contributed by atoms with E-state index in [9.17, 15) is 4.79 Å². The predicted molar refractivity (Wildman–Crippen MR) is 102 cm³/mol. The molecule has 2 aromatic rings. The monoisotopic (exact) mass is 407 g/mol. The van der Waals surface area contributed by atoms with Crippen LogP contribution in [0.3, 0.4) is 0 Å². The van der Waals surface area contributed by atoms with Crippen molar-refractivity contribution in [1.29, 1.82) is 0 Å². The van der Waals surface area contributed by atoms with E-state index in [1.165, 1.54) is 7.11 Å². The second-order valence-corrected chi connectivity index (χ2v) is 6.66. The highest BCUT2D eigenvalue weighted by atomic mass is 79.9. The summed E-state index contributed by atoms with van der Waals surface area (Å²) in [5.41, 5.74) is 1.61. The van der Waals surface area contributed by atoms with Crippen LogP contribution in [0.1, 0.15) is 25.3 Å². The van der Waals surface area contributed by atoms with E-state index in [1.54, 1.807) is 25.3 Å². The summed E-state index contributed by atoms with van der Waals surface area (Å²) in [6.07, 6.45) is 0. The zero-order valence-corrected chi connectivity index (χ0v) is 16.3. The molecule has 2 rings (SSSR count). The van der Waals surface area contributed by atoms with Crippen molar-refractivity contribution in [3.05, 3.63) is 46.4 Å². The minimum absolute atomic E-state index is 0.0868. The first-order valence-corrected chi connectivity index (χ1v) is 8.68. The van der Waals surface area contributed by atoms with Crippen molar-refractivity contribution in [2.24, 2.45) is 0 Å². The summed E-state index contributed by atoms with van der Waals surface area (Å²) in [5, 5.41) is 2.79. The summed E-state index contributed by atoms with van der Waals surface area (Å²) < 4.78 is 17.1. The van der Waals surface area contributed by atoms with Crippen molar-refractivity contribution in [2.45, 2.75) is 19.8 Å². The molecule has 0 aliphatic carbocycles. The first-order valence-electron chi connectivity index (χ1n) is 7.88. The summed E-state index contributed by atoms with van der Waals surface area (Å²) in [5.74, 6) is 1.91. The number of methoxy groups -OCH3 is 2. The van der Waals surface area contributed by atoms with Gasteiger partial charge in [0.25, 0.3) is 5.91 Å². The zero-order chi connectivity index (χ0) is 18.4. The molecular formula is C19H22BrNO4. The number of hydrogen-bond donors (Lipinski definition) is 1. The third-order valence-electron chi connectivity index (χ3n) is 3.64. The lowest BCUT2D eigenvalue weighted by Crippen LogP contribution is -2.21. The van der Waals surface area contributed by atoms with E-state index in [0.29, 0.717) is 22.9 Å². The number of carbonyl (C=O) groups is 1. The Labute approximate surface area is 156 Å². The van der Waals surface area contributed by atoms with Crippen molar-refractivity contribution in [3.63, 3.8) is 0 Å². The Bertz CT molecular complexity index is 746. The molecule has 0 aromatic heterocycles. The smallest absolute Gasteiger partial charge is 0.262 e. The Morgan fingerprint density at radius 3 is 2.48 bits per heavy atom. The van der Waals surface area contributed by atoms with Gasteiger partial charge in [-0.05, 0) is 41.8 Å². The van der Waals surface area contributed by atoms with E-state index in [0.717, 1.165) is 10.0 Å². The van der Waals surface area contributed by atoms with E-state index >= 15 is 0 Å². The van der Waals surface area contributed by atoms with Crippen molar-refractivity contribution < 1.29 is 19.0 Å². The second-order valence-electron chi connectivity index (χ2n) is 5.74. The van der Waals surface area contributed by atoms with E-state index in [2.05, 4.69) is 35.1 Å². The lowest BCUT2D eigenvalue weighted by molar-refractivity contribution is -0.118. The minimum Gasteiger partial charge on any atom is -0.497 e. The van der Waals surface area contributed by atoms with Gasteiger partial charge in [0.15, 0.2) is 6.61 Å². The van der Waals surface area contributed by atoms with Crippen molar-refractivity contribution in [3.8, 4) is 17.2 Å². The molecule has 0 aliphatic rings. The molecule has 0 radical (unpaired) electrons. The summed E-state index contributed by atoms with van der Waals surface area (Å²) in [4.78, 5) is 12.2. The lowest BCUT2D eigenvalue weighted by Gasteiger charge is -2.15. The van der Waals surface area contributed by atoms with Crippen LogP contribution in [0.15, 0.2) is 40.9 Å². The molecule has 5 nitrogen and oxygen atoms in total. The average molecular weight is 408 g/mol. The van der Waals surface area contributed by atoms with Gasteiger partial charge in [0.1, 0.15) is 17.2 Å². The number of anilines is 1. The molecule has 0 fully saturated rings. The number of benzene rings is 2. The highest BCUT2D eigenvalue weighted by Gasteiger charge is 2.12. The molecule has 0 bridgehead atoms. The first-order chi connectivity index (χ1) is 11.9. The van der Waals surface area contributed by atoms with Gasteiger partial charge >= 0.3 is 0 Å². The molecular weight excluding hydrogens is 386 g/mol. The molecule has 6 heteroatoms. The van der Waals surface area contributed by atoms with Crippen molar-refractivity contribution in [2.75, 3.05) is 26.1 Å². The van der Waals surface area contributed by atoms with Gasteiger partial charge in [0.2, 0.25) is 0 Å². The highest BCUT2D eigenvalue weighted by molar-refractivity contribution is 9.10. The Kier molecular flexibility index (Phi) is 6.70. The number of ether oxygens (including phenoxy) is 3. The molecule has 1 N–H and O–H groups in total. The van der Waals surface area contributed by atoms with Gasteiger partial charge in [-0.3, -0.25) is 4.79 Å². The van der Waals surface area contributed by atoms with Gasteiger partial charge < -0.3 is 19.5 Å². The standard InChI is InChI=1S/C19H22BrNO4/c1-12(2)15-9-13(20)5-8-17(15)25-11-19(22)21-16-7-6-14(23-3)10-18(16)24-4/h5-10,12H,11H2,1-4H3,(H,21,22). The predicted octanol–water partition coefficient (Wildman–Crippen LogP) is 4.61. The van der Waals surface area contributed by atoms with Gasteiger partial charge in [-0.25, -0.2) is 0 Å². The maximum Gasteiger partial charge on any atom is 0.262 e. The molecule has 0 heterocycles. The number of carbonyl (C=O) groups excluding carboxylic acids is 1. The average Bonchev–Trinajstić information content (AvgIpc) is 2.60. The second kappa shape index (κ2) is 8.76. The summed E-state index contributed by atoms with van der Waals surface area (Å²) >= 11 is 3.46. The van der Waals surface area contributed by atoms with Crippen LogP contribution in [-0.2, 0) is 4.79 Å². The van der Waals surface area contributed by atoms with E-state index < -0.39 is 0 Å². The fourth-order valence-electron chi connectivity index (χ4n) is 2.33. The van der Waals surface area contributed by atoms with Crippen LogP contribution in [0.5, 0.6) is 17.2 Å². The topological polar surface area (TPSA) is 56.8 Å². The molecule has 134 valence electrons. The van der Waals surface area contributed by atoms with Crippen LogP contribution >= 0.6 is 15.9 Å². The van der Waals surface area contributed by atoms with Crippen LogP contribution < -0.4 is 19.5 Å². The Morgan fingerprint density at radius 1 is 1.08 bits per heavy atom. The molecule has 0 atom stereocenters. The molecule has 0 spiro atoms. The van der Waals surface area contributed by atoms with Crippen LogP contribution in [0, 0.1) is 0 Å². The third kappa shape index (κ3) is 5.13. The molecule has 25 heavy (non-hydrogen) atoms. The SMILES string of the molecule is COc1ccc(NC(=O)COc2ccc(Br)cc2C(C)C)c(OC)c1. The van der Waals surface area contributed by atoms with Crippen molar-refractivity contribution >= 4 is 27.5 Å². The first kappa shape index (κ1) is 19.1. The Balaban J connectivity index is 2.04. The lowest BCUT2D eigenvalue weighted by atomic mass is 10.0. The van der Waals surface area contributed by atoms with E-state index in [4.69, 9.17) is 14.2 Å². The summed E-state index contributed by atoms with van der Waals surface area (Å²) in [6.45, 7) is 4.07. The Morgan fingerprint density at radius 2 is 1.84 bits per heavy atom. The fourth-order valence-corrected chi connectivity index (χ4v) is 2.71. The normalized spacial score (nSPS) is 10.5. The van der Waals surface area contributed by atoms with Crippen molar-refractivity contribution in [1.82, 2.24) is 0 Å². The molecule has 1 amide bonds. The zero-order valence-electron chi connectivity index (χ0n) is 14.8. The molecule has 0 unspecified atom stereocenters. The maximum atomic E-state index is 12.2. The highest BCUT2D eigenvalue weighted by Crippen LogP contribution is 2.30. The molecule has 0 aliphatic heterocycles. The van der Waals surface area contributed by atoms with Gasteiger partial charge in [-0.15, -0.1) is 0 Å². The van der Waals surface area contributed by atoms with Crippen LogP contribution in [0.4, 0.5) is 5.69 Å². The van der Waals surface area contributed by atoms with Gasteiger partial charge in [-0.2, -0.15) is 0 Å². The van der Waals surface area contributed by atoms with Crippen LogP contribution in [0.2, 0.25) is 0 Å². The molecule has 0 saturated carbocycles. The van der Waals surface area contributed by atoms with Gasteiger partial charge in [0.05, 0.1) is 19.9 Å². The van der Waals surface area contributed by atoms with E-state index in [1.807, 2.05) is 18.2 Å². The van der Waals surface area contributed by atoms with Gasteiger partial charge in [0, 0.05) is 10.5 Å². The Hall–Kier alpha value is -2.21. The number of hydrogen-bond acceptors (Lipinski definition) is 4. The summed E-state index contributed by atoms with van der Waals surface area (Å²) in [6, 6.07) is 11.0. The number of rotatable bonds is 7. The van der Waals surface area contributed by atoms with Crippen LogP contribution in [-0.4, -0.2) is 26.7 Å². The third-order valence-corrected chi connectivity index (χ3v) is 4.13. The quantitative estimate of drug-likeness (QED) is 0.727. The largest absolute Gasteiger partial charge is 0.497 e. The molecule has 2 aromatic carbocycles. The molecule has 0 saturated heterocycles. The number of halogens is 1. The number of amides is 1. The van der Waals surface area contributed by atoms with Crippen LogP contribution in [0.25, 0.3) is 0 Å². The maximum absolute atomic E-state index is 12.2. The fraction of sp³-hybridized carbons (Fsp3) is 0.316. The van der Waals surface area contributed by atoms with Gasteiger partial charge in [-0.1, -0.05) is 29.8 Å². The minimum atomic E-state index is -0.263. The number of nitrogens with one attached hydrogen (secondary N) is 1. The summed E-state index contributed by atoms with van der Waals surface area (Å²) in [7, 11) is 3.11. The van der Waals surface area contributed by atoms with E-state index in [-0.39, 0.29) is 18.4 Å².